The van der Waals surface area contributed by atoms with Gasteiger partial charge >= 0.3 is 6.61 Å². The van der Waals surface area contributed by atoms with Gasteiger partial charge < -0.3 is 10.1 Å². The number of carbonyl (C=O) groups is 1. The number of rotatable bonds is 5. The molecule has 23 heavy (non-hydrogen) atoms. The molecular formula is C18H19F2NO2. The van der Waals surface area contributed by atoms with Gasteiger partial charge in [-0.2, -0.15) is 8.78 Å². The van der Waals surface area contributed by atoms with Crippen LogP contribution in [-0.4, -0.2) is 12.5 Å². The van der Waals surface area contributed by atoms with E-state index >= 15 is 0 Å². The van der Waals surface area contributed by atoms with Crippen molar-refractivity contribution >= 4 is 5.91 Å². The lowest BCUT2D eigenvalue weighted by Crippen LogP contribution is -2.27. The maximum atomic E-state index is 12.4. The lowest BCUT2D eigenvalue weighted by molar-refractivity contribution is -0.0499. The molecule has 0 aliphatic heterocycles. The number of ether oxygens (including phenoxy) is 1. The molecule has 5 heteroatoms. The summed E-state index contributed by atoms with van der Waals surface area (Å²) in [6.07, 6.45) is 0. The van der Waals surface area contributed by atoms with E-state index in [0.29, 0.717) is 11.1 Å². The van der Waals surface area contributed by atoms with Crippen LogP contribution in [0.15, 0.2) is 42.5 Å². The summed E-state index contributed by atoms with van der Waals surface area (Å²) in [5, 5.41) is 2.88. The number of halogens is 2. The van der Waals surface area contributed by atoms with Crippen molar-refractivity contribution in [3.8, 4) is 5.75 Å². The topological polar surface area (TPSA) is 38.3 Å². The zero-order valence-corrected chi connectivity index (χ0v) is 13.3. The molecule has 2 aromatic carbocycles. The van der Waals surface area contributed by atoms with Crippen LogP contribution in [0.2, 0.25) is 0 Å². The molecule has 0 saturated carbocycles. The minimum atomic E-state index is -2.87. The maximum absolute atomic E-state index is 12.4. The van der Waals surface area contributed by atoms with E-state index < -0.39 is 6.61 Å². The molecule has 2 rings (SSSR count). The van der Waals surface area contributed by atoms with Crippen LogP contribution in [0.25, 0.3) is 0 Å². The van der Waals surface area contributed by atoms with Crippen LogP contribution >= 0.6 is 0 Å². The Labute approximate surface area is 134 Å². The van der Waals surface area contributed by atoms with E-state index in [9.17, 15) is 13.6 Å². The van der Waals surface area contributed by atoms with Crippen molar-refractivity contribution in [1.29, 1.82) is 0 Å². The highest BCUT2D eigenvalue weighted by molar-refractivity contribution is 5.96. The second-order valence-corrected chi connectivity index (χ2v) is 5.39. The van der Waals surface area contributed by atoms with Crippen LogP contribution in [0.3, 0.4) is 0 Å². The first-order chi connectivity index (χ1) is 10.9. The molecule has 0 heterocycles. The van der Waals surface area contributed by atoms with Gasteiger partial charge in [-0.1, -0.05) is 24.3 Å². The van der Waals surface area contributed by atoms with Gasteiger partial charge in [0.2, 0.25) is 0 Å². The second-order valence-electron chi connectivity index (χ2n) is 5.39. The Bertz CT molecular complexity index is 701. The number of benzene rings is 2. The Balaban J connectivity index is 2.14. The van der Waals surface area contributed by atoms with E-state index in [2.05, 4.69) is 10.1 Å². The SMILES string of the molecule is Cc1cccc(C(=O)NC(C)c2cccc(OC(F)F)c2)c1C. The number of amides is 1. The number of nitrogens with one attached hydrogen (secondary N) is 1. The minimum Gasteiger partial charge on any atom is -0.435 e. The number of hydrogen-bond donors (Lipinski definition) is 1. The Kier molecular flexibility index (Phi) is 5.32. The number of alkyl halides is 2. The summed E-state index contributed by atoms with van der Waals surface area (Å²) < 4.78 is 28.9. The predicted octanol–water partition coefficient (Wildman–Crippen LogP) is 4.40. The van der Waals surface area contributed by atoms with E-state index in [0.717, 1.165) is 11.1 Å². The van der Waals surface area contributed by atoms with E-state index in [1.54, 1.807) is 25.1 Å². The first-order valence-electron chi connectivity index (χ1n) is 7.30. The molecule has 1 unspecified atom stereocenters. The molecular weight excluding hydrogens is 300 g/mol. The van der Waals surface area contributed by atoms with Crippen molar-refractivity contribution in [2.75, 3.05) is 0 Å². The minimum absolute atomic E-state index is 0.0744. The molecule has 0 saturated heterocycles. The summed E-state index contributed by atoms with van der Waals surface area (Å²) in [5.41, 5.74) is 3.27. The van der Waals surface area contributed by atoms with Gasteiger partial charge in [0.05, 0.1) is 6.04 Å². The van der Waals surface area contributed by atoms with Gasteiger partial charge in [-0.3, -0.25) is 4.79 Å². The quantitative estimate of drug-likeness (QED) is 0.887. The molecule has 3 nitrogen and oxygen atoms in total. The molecule has 1 atom stereocenters. The van der Waals surface area contributed by atoms with E-state index in [-0.39, 0.29) is 17.7 Å². The van der Waals surface area contributed by atoms with Crippen LogP contribution in [0.5, 0.6) is 5.75 Å². The average Bonchev–Trinajstić information content (AvgIpc) is 2.49. The molecule has 1 amide bonds. The zero-order chi connectivity index (χ0) is 17.0. The van der Waals surface area contributed by atoms with Gasteiger partial charge in [0.15, 0.2) is 0 Å². The Hall–Kier alpha value is -2.43. The first-order valence-corrected chi connectivity index (χ1v) is 7.30. The van der Waals surface area contributed by atoms with E-state index in [4.69, 9.17) is 0 Å². The van der Waals surface area contributed by atoms with Crippen molar-refractivity contribution in [3.05, 3.63) is 64.7 Å². The lowest BCUT2D eigenvalue weighted by Gasteiger charge is -2.17. The lowest BCUT2D eigenvalue weighted by atomic mass is 10.0. The monoisotopic (exact) mass is 319 g/mol. The Morgan fingerprint density at radius 1 is 1.13 bits per heavy atom. The smallest absolute Gasteiger partial charge is 0.387 e. The van der Waals surface area contributed by atoms with Crippen molar-refractivity contribution in [2.24, 2.45) is 0 Å². The fourth-order valence-corrected chi connectivity index (χ4v) is 2.31. The summed E-state index contributed by atoms with van der Waals surface area (Å²) in [6.45, 7) is 2.77. The van der Waals surface area contributed by atoms with E-state index in [1.165, 1.54) is 12.1 Å². The van der Waals surface area contributed by atoms with Crippen molar-refractivity contribution < 1.29 is 18.3 Å². The van der Waals surface area contributed by atoms with Crippen LogP contribution in [0.4, 0.5) is 8.78 Å². The number of carbonyl (C=O) groups excluding carboxylic acids is 1. The second kappa shape index (κ2) is 7.22. The normalized spacial score (nSPS) is 12.1. The van der Waals surface area contributed by atoms with Crippen molar-refractivity contribution in [2.45, 2.75) is 33.4 Å². The number of aryl methyl sites for hydroxylation is 1. The highest BCUT2D eigenvalue weighted by Gasteiger charge is 2.15. The highest BCUT2D eigenvalue weighted by Crippen LogP contribution is 2.21. The zero-order valence-electron chi connectivity index (χ0n) is 13.3. The van der Waals surface area contributed by atoms with Gasteiger partial charge in [0, 0.05) is 5.56 Å². The summed E-state index contributed by atoms with van der Waals surface area (Å²) in [6, 6.07) is 11.5. The average molecular weight is 319 g/mol. The predicted molar refractivity (Wildman–Crippen MR) is 84.9 cm³/mol. The maximum Gasteiger partial charge on any atom is 0.387 e. The van der Waals surface area contributed by atoms with E-state index in [1.807, 2.05) is 26.0 Å². The fourth-order valence-electron chi connectivity index (χ4n) is 2.31. The Morgan fingerprint density at radius 2 is 1.83 bits per heavy atom. The fraction of sp³-hybridized carbons (Fsp3) is 0.278. The third kappa shape index (κ3) is 4.28. The van der Waals surface area contributed by atoms with Crippen LogP contribution < -0.4 is 10.1 Å². The van der Waals surface area contributed by atoms with Crippen LogP contribution in [-0.2, 0) is 0 Å². The van der Waals surface area contributed by atoms with Gasteiger partial charge in [-0.05, 0) is 55.7 Å². The van der Waals surface area contributed by atoms with Crippen molar-refractivity contribution in [1.82, 2.24) is 5.32 Å². The summed E-state index contributed by atoms with van der Waals surface area (Å²) in [4.78, 5) is 12.4. The highest BCUT2D eigenvalue weighted by atomic mass is 19.3. The molecule has 1 N–H and O–H groups in total. The third-order valence-corrected chi connectivity index (χ3v) is 3.78. The number of hydrogen-bond acceptors (Lipinski definition) is 2. The first kappa shape index (κ1) is 16.9. The standard InChI is InChI=1S/C18H19F2NO2/c1-11-6-4-9-16(12(11)2)17(22)21-13(3)14-7-5-8-15(10-14)23-18(19)20/h4-10,13,18H,1-3H3,(H,21,22). The molecule has 2 aromatic rings. The van der Waals surface area contributed by atoms with Gasteiger partial charge in [-0.25, -0.2) is 0 Å². The molecule has 122 valence electrons. The largest absolute Gasteiger partial charge is 0.435 e. The molecule has 0 aliphatic carbocycles. The third-order valence-electron chi connectivity index (χ3n) is 3.78. The molecule has 0 fully saturated rings. The molecule has 0 aromatic heterocycles. The van der Waals surface area contributed by atoms with Gasteiger partial charge in [0.1, 0.15) is 5.75 Å². The summed E-state index contributed by atoms with van der Waals surface area (Å²) in [5.74, 6) is -0.121. The molecule has 0 bridgehead atoms. The molecule has 0 aliphatic rings. The van der Waals surface area contributed by atoms with Gasteiger partial charge in [0.25, 0.3) is 5.91 Å². The van der Waals surface area contributed by atoms with Gasteiger partial charge in [-0.15, -0.1) is 0 Å². The molecule has 0 spiro atoms. The van der Waals surface area contributed by atoms with Crippen LogP contribution in [0.1, 0.15) is 40.0 Å². The summed E-state index contributed by atoms with van der Waals surface area (Å²) >= 11 is 0. The van der Waals surface area contributed by atoms with Crippen molar-refractivity contribution in [3.63, 3.8) is 0 Å². The molecule has 0 radical (unpaired) electrons. The summed E-state index contributed by atoms with van der Waals surface area (Å²) in [7, 11) is 0. The Morgan fingerprint density at radius 3 is 2.52 bits per heavy atom. The van der Waals surface area contributed by atoms with Crippen LogP contribution in [0, 0.1) is 13.8 Å².